The number of benzene rings is 1. The number of urea groups is 1. The van der Waals surface area contributed by atoms with Crippen molar-refractivity contribution in [2.45, 2.75) is 12.5 Å². The van der Waals surface area contributed by atoms with Gasteiger partial charge in [0.2, 0.25) is 5.91 Å². The standard InChI is InChI=1S/C17H15N3O3/c1-23-12-5-2-10(3-6-12)14-8-13-16-11(4-7-15(21)19-13)9-18-17(22)20(14)16/h2-7,9,14H,8H2,1H3,(H,18,22)(H,19,21). The first-order chi connectivity index (χ1) is 11.2. The highest BCUT2D eigenvalue weighted by Gasteiger charge is 2.41. The fourth-order valence-corrected chi connectivity index (χ4v) is 3.20. The van der Waals surface area contributed by atoms with E-state index in [9.17, 15) is 9.59 Å². The second-order valence-corrected chi connectivity index (χ2v) is 5.56. The Bertz CT molecular complexity index is 790. The number of carbonyl (C=O) groups excluding carboxylic acids is 2. The van der Waals surface area contributed by atoms with Gasteiger partial charge in [0.15, 0.2) is 0 Å². The number of hydrogen-bond donors (Lipinski definition) is 2. The van der Waals surface area contributed by atoms with Crippen LogP contribution in [0.2, 0.25) is 0 Å². The van der Waals surface area contributed by atoms with E-state index in [-0.39, 0.29) is 18.0 Å². The lowest BCUT2D eigenvalue weighted by Crippen LogP contribution is -2.40. The largest absolute Gasteiger partial charge is 0.497 e. The molecule has 3 amide bonds. The summed E-state index contributed by atoms with van der Waals surface area (Å²) in [4.78, 5) is 25.9. The van der Waals surface area contributed by atoms with Crippen LogP contribution in [0.25, 0.3) is 0 Å². The number of hydrogen-bond acceptors (Lipinski definition) is 3. The van der Waals surface area contributed by atoms with E-state index in [1.54, 1.807) is 24.3 Å². The Morgan fingerprint density at radius 2 is 1.96 bits per heavy atom. The summed E-state index contributed by atoms with van der Waals surface area (Å²) >= 11 is 0. The van der Waals surface area contributed by atoms with Gasteiger partial charge in [0.05, 0.1) is 18.8 Å². The summed E-state index contributed by atoms with van der Waals surface area (Å²) in [5, 5.41) is 5.63. The molecule has 0 fully saturated rings. The molecule has 116 valence electrons. The smallest absolute Gasteiger partial charge is 0.326 e. The van der Waals surface area contributed by atoms with Crippen molar-refractivity contribution < 1.29 is 14.3 Å². The van der Waals surface area contributed by atoms with E-state index in [4.69, 9.17) is 4.74 Å². The molecule has 1 aromatic rings. The summed E-state index contributed by atoms with van der Waals surface area (Å²) in [5.41, 5.74) is 3.38. The number of nitrogens with one attached hydrogen (secondary N) is 2. The van der Waals surface area contributed by atoms with E-state index < -0.39 is 0 Å². The quantitative estimate of drug-likeness (QED) is 0.877. The number of carbonyl (C=O) groups is 2. The number of allylic oxidation sites excluding steroid dienone is 1. The molecule has 0 aromatic heterocycles. The fraction of sp³-hybridized carbons (Fsp3) is 0.176. The van der Waals surface area contributed by atoms with Gasteiger partial charge in [0.1, 0.15) is 5.75 Å². The van der Waals surface area contributed by atoms with Crippen LogP contribution in [-0.2, 0) is 4.79 Å². The second-order valence-electron chi connectivity index (χ2n) is 5.56. The predicted octanol–water partition coefficient (Wildman–Crippen LogP) is 1.95. The molecule has 0 radical (unpaired) electrons. The van der Waals surface area contributed by atoms with Crippen molar-refractivity contribution in [1.82, 2.24) is 15.5 Å². The highest BCUT2D eigenvalue weighted by Crippen LogP contribution is 2.43. The van der Waals surface area contributed by atoms with Crippen molar-refractivity contribution in [2.24, 2.45) is 0 Å². The lowest BCUT2D eigenvalue weighted by molar-refractivity contribution is -0.115. The molecule has 1 aromatic carbocycles. The van der Waals surface area contributed by atoms with Gasteiger partial charge in [-0.3, -0.25) is 9.69 Å². The summed E-state index contributed by atoms with van der Waals surface area (Å²) in [7, 11) is 1.62. The van der Waals surface area contributed by atoms with Gasteiger partial charge in [0, 0.05) is 30.0 Å². The Morgan fingerprint density at radius 3 is 2.70 bits per heavy atom. The van der Waals surface area contributed by atoms with Crippen molar-refractivity contribution in [3.63, 3.8) is 0 Å². The normalized spacial score (nSPS) is 22.2. The van der Waals surface area contributed by atoms with Gasteiger partial charge in [-0.2, -0.15) is 0 Å². The molecule has 0 bridgehead atoms. The minimum absolute atomic E-state index is 0.151. The molecule has 1 unspecified atom stereocenters. The number of rotatable bonds is 2. The third-order valence-corrected chi connectivity index (χ3v) is 4.27. The second kappa shape index (κ2) is 5.01. The van der Waals surface area contributed by atoms with Crippen LogP contribution in [0.5, 0.6) is 5.75 Å². The van der Waals surface area contributed by atoms with Crippen molar-refractivity contribution in [1.29, 1.82) is 0 Å². The van der Waals surface area contributed by atoms with E-state index in [0.717, 1.165) is 28.3 Å². The first-order valence-corrected chi connectivity index (χ1v) is 7.34. The SMILES string of the molecule is COc1ccc(C2CC3=C4C(=CNC(=O)N42)C=CC(=O)N3)cc1. The minimum Gasteiger partial charge on any atom is -0.497 e. The van der Waals surface area contributed by atoms with Gasteiger partial charge in [-0.05, 0) is 23.8 Å². The fourth-order valence-electron chi connectivity index (χ4n) is 3.20. The zero-order valence-corrected chi connectivity index (χ0v) is 12.5. The maximum absolute atomic E-state index is 12.4. The van der Waals surface area contributed by atoms with Crippen LogP contribution >= 0.6 is 0 Å². The molecule has 1 atom stereocenters. The number of nitrogens with zero attached hydrogens (tertiary/aromatic N) is 1. The highest BCUT2D eigenvalue weighted by molar-refractivity contribution is 5.92. The Balaban J connectivity index is 1.76. The summed E-state index contributed by atoms with van der Waals surface area (Å²) in [6.45, 7) is 0. The summed E-state index contributed by atoms with van der Waals surface area (Å²) in [6, 6.07) is 7.29. The van der Waals surface area contributed by atoms with Crippen LogP contribution in [0.4, 0.5) is 4.79 Å². The van der Waals surface area contributed by atoms with Gasteiger partial charge >= 0.3 is 6.03 Å². The minimum atomic E-state index is -0.191. The zero-order valence-electron chi connectivity index (χ0n) is 12.5. The van der Waals surface area contributed by atoms with Crippen molar-refractivity contribution in [3.8, 4) is 5.75 Å². The summed E-state index contributed by atoms with van der Waals surface area (Å²) in [6.07, 6.45) is 5.41. The van der Waals surface area contributed by atoms with E-state index in [1.165, 1.54) is 6.08 Å². The first-order valence-electron chi connectivity index (χ1n) is 7.34. The van der Waals surface area contributed by atoms with Crippen LogP contribution < -0.4 is 15.4 Å². The average Bonchev–Trinajstić information content (AvgIpc) is 2.87. The Hall–Kier alpha value is -3.02. The van der Waals surface area contributed by atoms with E-state index in [1.807, 2.05) is 24.3 Å². The van der Waals surface area contributed by atoms with E-state index in [0.29, 0.717) is 6.42 Å². The zero-order chi connectivity index (χ0) is 16.0. The molecule has 3 heterocycles. The third-order valence-electron chi connectivity index (χ3n) is 4.27. The van der Waals surface area contributed by atoms with E-state index in [2.05, 4.69) is 10.6 Å². The number of methoxy groups -OCH3 is 1. The molecule has 0 spiro atoms. The summed E-state index contributed by atoms with van der Waals surface area (Å²) < 4.78 is 5.18. The average molecular weight is 309 g/mol. The molecule has 4 rings (SSSR count). The maximum atomic E-state index is 12.4. The topological polar surface area (TPSA) is 70.7 Å². The Morgan fingerprint density at radius 1 is 1.17 bits per heavy atom. The summed E-state index contributed by atoms with van der Waals surface area (Å²) in [5.74, 6) is 0.590. The van der Waals surface area contributed by atoms with Crippen molar-refractivity contribution >= 4 is 11.9 Å². The highest BCUT2D eigenvalue weighted by atomic mass is 16.5. The molecule has 3 aliphatic rings. The van der Waals surface area contributed by atoms with Crippen LogP contribution in [0.3, 0.4) is 0 Å². The van der Waals surface area contributed by atoms with Crippen LogP contribution in [-0.4, -0.2) is 23.9 Å². The third kappa shape index (κ3) is 2.11. The molecular formula is C17H15N3O3. The van der Waals surface area contributed by atoms with Gasteiger partial charge in [-0.15, -0.1) is 0 Å². The van der Waals surface area contributed by atoms with Gasteiger partial charge in [0.25, 0.3) is 0 Å². The molecule has 3 aliphatic heterocycles. The molecule has 0 aliphatic carbocycles. The molecule has 0 saturated carbocycles. The monoisotopic (exact) mass is 309 g/mol. The van der Waals surface area contributed by atoms with Crippen molar-refractivity contribution in [3.05, 3.63) is 65.1 Å². The number of amides is 3. The maximum Gasteiger partial charge on any atom is 0.326 e. The molecule has 6 nitrogen and oxygen atoms in total. The molecule has 6 heteroatoms. The van der Waals surface area contributed by atoms with Crippen LogP contribution in [0.1, 0.15) is 18.0 Å². The van der Waals surface area contributed by atoms with Gasteiger partial charge in [-0.25, -0.2) is 4.79 Å². The van der Waals surface area contributed by atoms with E-state index >= 15 is 0 Å². The lowest BCUT2D eigenvalue weighted by Gasteiger charge is -2.31. The molecular weight excluding hydrogens is 294 g/mol. The number of ether oxygens (including phenoxy) is 1. The van der Waals surface area contributed by atoms with Crippen LogP contribution in [0, 0.1) is 0 Å². The van der Waals surface area contributed by atoms with Crippen molar-refractivity contribution in [2.75, 3.05) is 7.11 Å². The molecule has 0 saturated heterocycles. The molecule has 2 N–H and O–H groups in total. The Labute approximate surface area is 133 Å². The first kappa shape index (κ1) is 13.6. The molecule has 23 heavy (non-hydrogen) atoms. The predicted molar refractivity (Wildman–Crippen MR) is 83.1 cm³/mol. The van der Waals surface area contributed by atoms with Crippen LogP contribution in [0.15, 0.2) is 59.6 Å². The lowest BCUT2D eigenvalue weighted by atomic mass is 10.0. The van der Waals surface area contributed by atoms with Gasteiger partial charge in [-0.1, -0.05) is 12.1 Å². The Kier molecular flexibility index (Phi) is 2.97. The van der Waals surface area contributed by atoms with Gasteiger partial charge < -0.3 is 15.4 Å².